The predicted octanol–water partition coefficient (Wildman–Crippen LogP) is 14.1. The molecule has 1 atom stereocenters. The summed E-state index contributed by atoms with van der Waals surface area (Å²) in [5.74, 6) is 0.804. The molecule has 1 aromatic heterocycles. The Balaban J connectivity index is 1.88. The molecule has 9 heteroatoms. The van der Waals surface area contributed by atoms with Crippen molar-refractivity contribution in [2.75, 3.05) is 6.61 Å². The van der Waals surface area contributed by atoms with Gasteiger partial charge in [0, 0.05) is 22.7 Å². The first-order valence-electron chi connectivity index (χ1n) is 25.9. The van der Waals surface area contributed by atoms with Crippen molar-refractivity contribution in [2.24, 2.45) is 5.41 Å². The Hall–Kier alpha value is -2.30. The average molecular weight is 934 g/mol. The lowest BCUT2D eigenvalue weighted by molar-refractivity contribution is -0.105. The third-order valence-electron chi connectivity index (χ3n) is 17.3. The molecule has 0 aliphatic carbocycles. The highest BCUT2D eigenvalue weighted by Crippen LogP contribution is 2.55. The van der Waals surface area contributed by atoms with Crippen molar-refractivity contribution in [3.8, 4) is 11.4 Å². The maximum absolute atomic E-state index is 7.44. The van der Waals surface area contributed by atoms with E-state index >= 15 is 0 Å². The van der Waals surface area contributed by atoms with Crippen LogP contribution < -0.4 is 20.6 Å². The van der Waals surface area contributed by atoms with Crippen LogP contribution in [-0.4, -0.2) is 59.2 Å². The molecule has 0 bridgehead atoms. The van der Waals surface area contributed by atoms with Crippen LogP contribution in [0.25, 0.3) is 27.5 Å². The van der Waals surface area contributed by atoms with Crippen molar-refractivity contribution in [2.45, 2.75) is 240 Å². The Bertz CT molecular complexity index is 2350. The van der Waals surface area contributed by atoms with Crippen molar-refractivity contribution in [3.63, 3.8) is 0 Å². The molecule has 0 N–H and O–H groups in total. The van der Waals surface area contributed by atoms with Gasteiger partial charge >= 0.3 is 7.12 Å². The smallest absolute Gasteiger partial charge is 0.463 e. The number of aromatic nitrogens is 1. The summed E-state index contributed by atoms with van der Waals surface area (Å²) in [6, 6.07) is 21.4. The van der Waals surface area contributed by atoms with Gasteiger partial charge in [-0.15, -0.1) is 0 Å². The highest BCUT2D eigenvalue weighted by molar-refractivity contribution is 7.27. The summed E-state index contributed by atoms with van der Waals surface area (Å²) in [5, 5.41) is 6.07. The van der Waals surface area contributed by atoms with E-state index in [-0.39, 0.29) is 37.3 Å². The number of hydrogen-bond donors (Lipinski definition) is 0. The lowest BCUT2D eigenvalue weighted by Gasteiger charge is -2.53. The SMILES string of the molecule is B[Si](c1ccc2c3ccc([Si](CCCC)(C(C)(C)C)C(C)(C)C)cc3n(-c3cc(C(C)(C)CC(C)(C)C)cc(B4OC(C)(C)C(C)(C)O4)c3OC3CCCCO3)c2c1)(C(C)(C)C)C(C)(C)C. The van der Waals surface area contributed by atoms with E-state index in [2.05, 4.69) is 213 Å². The van der Waals surface area contributed by atoms with Crippen LogP contribution in [-0.2, 0) is 19.5 Å². The van der Waals surface area contributed by atoms with Crippen LogP contribution in [0.15, 0.2) is 48.5 Å². The van der Waals surface area contributed by atoms with Gasteiger partial charge in [0.15, 0.2) is 6.29 Å². The minimum Gasteiger partial charge on any atom is -0.463 e. The first kappa shape index (κ1) is 53.1. The number of unbranched alkanes of at least 4 members (excludes halogenated alkanes) is 1. The van der Waals surface area contributed by atoms with E-state index in [1.165, 1.54) is 51.4 Å². The van der Waals surface area contributed by atoms with Gasteiger partial charge in [-0.05, 0) is 102 Å². The number of nitrogens with zero attached hydrogens (tertiary/aromatic N) is 1. The average Bonchev–Trinajstić information content (AvgIpc) is 3.59. The molecule has 1 unspecified atom stereocenters. The van der Waals surface area contributed by atoms with Gasteiger partial charge in [0.2, 0.25) is 0 Å². The van der Waals surface area contributed by atoms with Gasteiger partial charge in [0.05, 0.1) is 50.5 Å². The Labute approximate surface area is 407 Å². The monoisotopic (exact) mass is 934 g/mol. The van der Waals surface area contributed by atoms with Gasteiger partial charge in [-0.1, -0.05) is 184 Å². The summed E-state index contributed by atoms with van der Waals surface area (Å²) in [6.07, 6.45) is 6.00. The van der Waals surface area contributed by atoms with Gasteiger partial charge in [-0.25, -0.2) is 0 Å². The van der Waals surface area contributed by atoms with Crippen LogP contribution in [0.5, 0.6) is 5.75 Å². The molecule has 0 spiro atoms. The van der Waals surface area contributed by atoms with Crippen LogP contribution >= 0.6 is 0 Å². The summed E-state index contributed by atoms with van der Waals surface area (Å²) in [4.78, 5) is 0. The molecule has 6 rings (SSSR count). The zero-order valence-corrected chi connectivity index (χ0v) is 48.5. The number of ether oxygens (including phenoxy) is 2. The first-order chi connectivity index (χ1) is 29.9. The van der Waals surface area contributed by atoms with Crippen LogP contribution in [0.1, 0.15) is 196 Å². The number of rotatable bonds is 11. The molecule has 66 heavy (non-hydrogen) atoms. The van der Waals surface area contributed by atoms with Gasteiger partial charge in [0.25, 0.3) is 0 Å². The normalized spacial score (nSPS) is 19.3. The van der Waals surface area contributed by atoms with Crippen LogP contribution in [0.3, 0.4) is 0 Å². The molecular formula is C57H93B2NO4Si2. The fourth-order valence-electron chi connectivity index (χ4n) is 13.0. The van der Waals surface area contributed by atoms with Gasteiger partial charge in [-0.2, -0.15) is 0 Å². The zero-order valence-electron chi connectivity index (χ0n) is 46.5. The van der Waals surface area contributed by atoms with E-state index in [0.29, 0.717) is 6.61 Å². The van der Waals surface area contributed by atoms with Crippen LogP contribution in [0.4, 0.5) is 0 Å². The van der Waals surface area contributed by atoms with E-state index in [1.54, 1.807) is 5.19 Å². The van der Waals surface area contributed by atoms with Gasteiger partial charge in [-0.3, -0.25) is 0 Å². The summed E-state index contributed by atoms with van der Waals surface area (Å²) in [6.45, 7) is 53.7. The quantitative estimate of drug-likeness (QED) is 0.141. The molecule has 0 radical (unpaired) electrons. The Morgan fingerprint density at radius 3 is 1.67 bits per heavy atom. The summed E-state index contributed by atoms with van der Waals surface area (Å²) >= 11 is 0. The molecule has 4 aromatic rings. The standard InChI is InChI=1S/C57H93B2NO4Si2/c1-23-24-33-65(51(5,6)7,52(8,9)10)40-28-30-42-43-31-29-41(66(58,53(11,12)13)54(14,15)16)37-46(43)60(45(42)36-40)47-35-39(55(17,18)38-50(2,3)4)34-44(49(47)62-48-27-25-26-32-61-48)59-63-56(19,20)57(21,22)64-59/h28-31,34-37,48H,23-27,32-33,38,58H2,1-22H3. The van der Waals surface area contributed by atoms with E-state index in [0.717, 1.165) is 42.6 Å². The number of fused-ring (bicyclic) bond motifs is 3. The van der Waals surface area contributed by atoms with Crippen molar-refractivity contribution in [1.82, 2.24) is 4.57 Å². The Kier molecular flexibility index (Phi) is 14.1. The second-order valence-corrected chi connectivity index (χ2v) is 39.7. The van der Waals surface area contributed by atoms with Crippen LogP contribution in [0, 0.1) is 5.41 Å². The molecular weight excluding hydrogens is 840 g/mol. The Morgan fingerprint density at radius 1 is 0.697 bits per heavy atom. The molecule has 0 saturated carbocycles. The lowest BCUT2D eigenvalue weighted by atomic mass is 9.69. The molecule has 2 saturated heterocycles. The lowest BCUT2D eigenvalue weighted by Crippen LogP contribution is -2.62. The predicted molar refractivity (Wildman–Crippen MR) is 296 cm³/mol. The minimum absolute atomic E-state index is 0.0945. The highest BCUT2D eigenvalue weighted by atomic mass is 28.3. The molecule has 3 heterocycles. The largest absolute Gasteiger partial charge is 0.498 e. The summed E-state index contributed by atoms with van der Waals surface area (Å²) in [5.41, 5.74) is 4.56. The van der Waals surface area contributed by atoms with Crippen molar-refractivity contribution >= 4 is 68.2 Å². The van der Waals surface area contributed by atoms with Gasteiger partial charge in [0.1, 0.15) is 13.2 Å². The highest BCUT2D eigenvalue weighted by Gasteiger charge is 2.55. The molecule has 2 aliphatic rings. The van der Waals surface area contributed by atoms with E-state index in [4.69, 9.17) is 18.8 Å². The number of hydrogen-bond acceptors (Lipinski definition) is 4. The first-order valence-corrected chi connectivity index (χ1v) is 30.6. The fourth-order valence-corrected chi connectivity index (χ4v) is 25.2. The Morgan fingerprint density at radius 2 is 1.21 bits per heavy atom. The molecule has 364 valence electrons. The third-order valence-corrected chi connectivity index (χ3v) is 32.3. The maximum atomic E-state index is 7.44. The second kappa shape index (κ2) is 17.5. The molecule has 5 nitrogen and oxygen atoms in total. The molecule has 2 fully saturated rings. The summed E-state index contributed by atoms with van der Waals surface area (Å²) in [7, 11) is -2.47. The second-order valence-electron chi connectivity index (χ2n) is 28.0. The summed E-state index contributed by atoms with van der Waals surface area (Å²) < 4.78 is 30.7. The minimum atomic E-state index is -2.25. The van der Waals surface area contributed by atoms with E-state index < -0.39 is 34.3 Å². The third kappa shape index (κ3) is 9.38. The number of benzene rings is 3. The van der Waals surface area contributed by atoms with Crippen molar-refractivity contribution < 1.29 is 18.8 Å². The van der Waals surface area contributed by atoms with Crippen molar-refractivity contribution in [3.05, 3.63) is 54.1 Å². The van der Waals surface area contributed by atoms with E-state index in [1.807, 2.05) is 0 Å². The maximum Gasteiger partial charge on any atom is 0.498 e. The van der Waals surface area contributed by atoms with Crippen molar-refractivity contribution in [1.29, 1.82) is 0 Å². The van der Waals surface area contributed by atoms with E-state index in [9.17, 15) is 0 Å². The van der Waals surface area contributed by atoms with Crippen LogP contribution in [0.2, 0.25) is 26.2 Å². The zero-order chi connectivity index (χ0) is 49.6. The molecule has 3 aromatic carbocycles. The fraction of sp³-hybridized carbons (Fsp3) is 0.684. The van der Waals surface area contributed by atoms with Gasteiger partial charge < -0.3 is 23.3 Å². The molecule has 0 amide bonds. The molecule has 2 aliphatic heterocycles. The topological polar surface area (TPSA) is 41.9 Å².